The third kappa shape index (κ3) is 2.43. The van der Waals surface area contributed by atoms with Crippen LogP contribution in [0.1, 0.15) is 33.3 Å². The molecule has 1 aromatic rings. The summed E-state index contributed by atoms with van der Waals surface area (Å²) in [5, 5.41) is 2.92. The van der Waals surface area contributed by atoms with Crippen LogP contribution in [0.5, 0.6) is 5.75 Å². The summed E-state index contributed by atoms with van der Waals surface area (Å²) in [4.78, 5) is 11.7. The summed E-state index contributed by atoms with van der Waals surface area (Å²) in [6.45, 7) is 8.75. The molecule has 0 saturated carbocycles. The van der Waals surface area contributed by atoms with Crippen molar-refractivity contribution in [1.82, 2.24) is 0 Å². The third-order valence-electron chi connectivity index (χ3n) is 3.04. The highest BCUT2D eigenvalue weighted by Gasteiger charge is 2.22. The second-order valence-electron chi connectivity index (χ2n) is 5.66. The number of carbonyl (C=O) groups is 1. The number of hydrogen-bond donors (Lipinski definition) is 1. The van der Waals surface area contributed by atoms with Crippen LogP contribution in [0.3, 0.4) is 0 Å². The first-order valence-corrected chi connectivity index (χ1v) is 5.96. The molecule has 2 rings (SSSR count). The van der Waals surface area contributed by atoms with Gasteiger partial charge in [-0.2, -0.15) is 0 Å². The average molecular weight is 233 g/mol. The van der Waals surface area contributed by atoms with Crippen molar-refractivity contribution in [2.24, 2.45) is 5.92 Å². The van der Waals surface area contributed by atoms with E-state index in [0.29, 0.717) is 6.61 Å². The number of fused-ring (bicyclic) bond motifs is 1. The van der Waals surface area contributed by atoms with Gasteiger partial charge < -0.3 is 10.1 Å². The van der Waals surface area contributed by atoms with Crippen molar-refractivity contribution in [3.05, 3.63) is 23.8 Å². The van der Waals surface area contributed by atoms with Gasteiger partial charge >= 0.3 is 0 Å². The van der Waals surface area contributed by atoms with Gasteiger partial charge in [-0.25, -0.2) is 0 Å². The first-order chi connectivity index (χ1) is 7.88. The summed E-state index contributed by atoms with van der Waals surface area (Å²) >= 11 is 0. The fourth-order valence-electron chi connectivity index (χ4n) is 1.77. The van der Waals surface area contributed by atoms with Gasteiger partial charge in [0.1, 0.15) is 5.75 Å². The van der Waals surface area contributed by atoms with Gasteiger partial charge in [-0.1, -0.05) is 33.8 Å². The number of rotatable bonds is 0. The molecule has 1 aliphatic heterocycles. The highest BCUT2D eigenvalue weighted by atomic mass is 16.5. The number of amides is 1. The molecule has 1 atom stereocenters. The zero-order valence-electron chi connectivity index (χ0n) is 10.8. The van der Waals surface area contributed by atoms with Crippen molar-refractivity contribution in [1.29, 1.82) is 0 Å². The molecule has 92 valence electrons. The van der Waals surface area contributed by atoms with E-state index in [1.807, 2.05) is 19.1 Å². The van der Waals surface area contributed by atoms with Gasteiger partial charge in [0.2, 0.25) is 5.91 Å². The molecular formula is C14H19NO2. The Morgan fingerprint density at radius 3 is 2.71 bits per heavy atom. The van der Waals surface area contributed by atoms with E-state index >= 15 is 0 Å². The second kappa shape index (κ2) is 4.06. The zero-order chi connectivity index (χ0) is 12.6. The lowest BCUT2D eigenvalue weighted by molar-refractivity contribution is -0.119. The van der Waals surface area contributed by atoms with Crippen molar-refractivity contribution in [3.8, 4) is 5.75 Å². The van der Waals surface area contributed by atoms with Crippen molar-refractivity contribution in [2.45, 2.75) is 33.1 Å². The minimum absolute atomic E-state index is 0.0230. The van der Waals surface area contributed by atoms with Gasteiger partial charge in [0.05, 0.1) is 18.2 Å². The fraction of sp³-hybridized carbons (Fsp3) is 0.500. The molecule has 0 aromatic heterocycles. The van der Waals surface area contributed by atoms with Crippen LogP contribution >= 0.6 is 0 Å². The van der Waals surface area contributed by atoms with Crippen molar-refractivity contribution in [3.63, 3.8) is 0 Å². The van der Waals surface area contributed by atoms with Crippen LogP contribution in [0.15, 0.2) is 18.2 Å². The molecule has 0 radical (unpaired) electrons. The summed E-state index contributed by atoms with van der Waals surface area (Å²) < 4.78 is 5.62. The first-order valence-electron chi connectivity index (χ1n) is 5.96. The highest BCUT2D eigenvalue weighted by molar-refractivity contribution is 5.94. The minimum Gasteiger partial charge on any atom is -0.491 e. The van der Waals surface area contributed by atoms with E-state index in [0.717, 1.165) is 11.4 Å². The SMILES string of the molecule is CC1COc2ccc(C(C)(C)C)cc2NC1=O. The smallest absolute Gasteiger partial charge is 0.230 e. The molecule has 1 aliphatic rings. The predicted octanol–water partition coefficient (Wildman–Crippen LogP) is 2.95. The predicted molar refractivity (Wildman–Crippen MR) is 68.4 cm³/mol. The summed E-state index contributed by atoms with van der Waals surface area (Å²) in [7, 11) is 0. The maximum Gasteiger partial charge on any atom is 0.230 e. The lowest BCUT2D eigenvalue weighted by Crippen LogP contribution is -2.22. The lowest BCUT2D eigenvalue weighted by atomic mass is 9.87. The normalized spacial score (nSPS) is 20.0. The van der Waals surface area contributed by atoms with E-state index in [4.69, 9.17) is 4.74 Å². The van der Waals surface area contributed by atoms with E-state index in [1.54, 1.807) is 0 Å². The van der Waals surface area contributed by atoms with E-state index in [1.165, 1.54) is 5.56 Å². The van der Waals surface area contributed by atoms with E-state index in [9.17, 15) is 4.79 Å². The van der Waals surface area contributed by atoms with E-state index in [-0.39, 0.29) is 17.2 Å². The third-order valence-corrected chi connectivity index (χ3v) is 3.04. The minimum atomic E-state index is -0.111. The number of ether oxygens (including phenoxy) is 1. The van der Waals surface area contributed by atoms with E-state index < -0.39 is 0 Å². The molecule has 1 aromatic carbocycles. The second-order valence-corrected chi connectivity index (χ2v) is 5.66. The maximum absolute atomic E-state index is 11.7. The van der Waals surface area contributed by atoms with Gasteiger partial charge in [0.15, 0.2) is 0 Å². The first kappa shape index (κ1) is 12.0. The van der Waals surface area contributed by atoms with Crippen LogP contribution < -0.4 is 10.1 Å². The van der Waals surface area contributed by atoms with Crippen LogP contribution in [0.2, 0.25) is 0 Å². The van der Waals surface area contributed by atoms with Crippen LogP contribution in [0, 0.1) is 5.92 Å². The molecule has 0 fully saturated rings. The molecule has 0 spiro atoms. The molecule has 1 unspecified atom stereocenters. The zero-order valence-corrected chi connectivity index (χ0v) is 10.8. The summed E-state index contributed by atoms with van der Waals surface area (Å²) in [5.74, 6) is 0.672. The molecule has 3 nitrogen and oxygen atoms in total. The Kier molecular flexibility index (Phi) is 2.86. The Hall–Kier alpha value is -1.51. The fourth-order valence-corrected chi connectivity index (χ4v) is 1.77. The monoisotopic (exact) mass is 233 g/mol. The van der Waals surface area contributed by atoms with E-state index in [2.05, 4.69) is 32.2 Å². The molecule has 0 bridgehead atoms. The lowest BCUT2D eigenvalue weighted by Gasteiger charge is -2.20. The molecular weight excluding hydrogens is 214 g/mol. The topological polar surface area (TPSA) is 38.3 Å². The van der Waals surface area contributed by atoms with Crippen molar-refractivity contribution in [2.75, 3.05) is 11.9 Å². The Balaban J connectivity index is 2.39. The number of carbonyl (C=O) groups excluding carboxylic acids is 1. The Bertz CT molecular complexity index is 446. The molecule has 0 aliphatic carbocycles. The van der Waals surface area contributed by atoms with Crippen molar-refractivity contribution >= 4 is 11.6 Å². The maximum atomic E-state index is 11.7. The van der Waals surface area contributed by atoms with Gasteiger partial charge in [0.25, 0.3) is 0 Å². The molecule has 1 amide bonds. The Morgan fingerprint density at radius 2 is 2.06 bits per heavy atom. The van der Waals surface area contributed by atoms with Crippen LogP contribution in [-0.4, -0.2) is 12.5 Å². The average Bonchev–Trinajstić information content (AvgIpc) is 2.37. The number of nitrogens with one attached hydrogen (secondary N) is 1. The van der Waals surface area contributed by atoms with Gasteiger partial charge in [-0.3, -0.25) is 4.79 Å². The molecule has 1 heterocycles. The molecule has 17 heavy (non-hydrogen) atoms. The Labute approximate surface area is 102 Å². The summed E-state index contributed by atoms with van der Waals surface area (Å²) in [6, 6.07) is 6.00. The highest BCUT2D eigenvalue weighted by Crippen LogP contribution is 2.33. The number of benzene rings is 1. The Morgan fingerprint density at radius 1 is 1.35 bits per heavy atom. The molecule has 3 heteroatoms. The van der Waals surface area contributed by atoms with Crippen LogP contribution in [0.25, 0.3) is 0 Å². The molecule has 1 N–H and O–H groups in total. The molecule has 0 saturated heterocycles. The van der Waals surface area contributed by atoms with Gasteiger partial charge in [-0.15, -0.1) is 0 Å². The standard InChI is InChI=1S/C14H19NO2/c1-9-8-17-12-6-5-10(14(2,3)4)7-11(12)15-13(9)16/h5-7,9H,8H2,1-4H3,(H,15,16). The van der Waals surface area contributed by atoms with Gasteiger partial charge in [0, 0.05) is 0 Å². The summed E-state index contributed by atoms with van der Waals surface area (Å²) in [6.07, 6.45) is 0. The van der Waals surface area contributed by atoms with Crippen molar-refractivity contribution < 1.29 is 9.53 Å². The van der Waals surface area contributed by atoms with Gasteiger partial charge in [-0.05, 0) is 23.1 Å². The van der Waals surface area contributed by atoms with Crippen LogP contribution in [-0.2, 0) is 10.2 Å². The largest absolute Gasteiger partial charge is 0.491 e. The summed E-state index contributed by atoms with van der Waals surface area (Å²) in [5.41, 5.74) is 2.04. The number of hydrogen-bond acceptors (Lipinski definition) is 2. The van der Waals surface area contributed by atoms with Crippen LogP contribution in [0.4, 0.5) is 5.69 Å². The quantitative estimate of drug-likeness (QED) is 0.748. The number of anilines is 1.